The lowest BCUT2D eigenvalue weighted by molar-refractivity contribution is 0.0394. The van der Waals surface area contributed by atoms with E-state index in [-0.39, 0.29) is 17.8 Å². The van der Waals surface area contributed by atoms with Crippen LogP contribution in [0.3, 0.4) is 0 Å². The Morgan fingerprint density at radius 2 is 2.20 bits per heavy atom. The van der Waals surface area contributed by atoms with E-state index in [9.17, 15) is 4.39 Å². The van der Waals surface area contributed by atoms with Crippen molar-refractivity contribution >= 4 is 17.6 Å². The van der Waals surface area contributed by atoms with E-state index in [1.807, 2.05) is 6.92 Å². The zero-order chi connectivity index (χ0) is 17.6. The Morgan fingerprint density at radius 3 is 2.92 bits per heavy atom. The summed E-state index contributed by atoms with van der Waals surface area (Å²) in [5.41, 5.74) is 0.617. The molecule has 1 aromatic rings. The molecular weight excluding hydrogens is 343 g/mol. The Kier molecular flexibility index (Phi) is 6.51. The van der Waals surface area contributed by atoms with E-state index in [0.29, 0.717) is 10.6 Å². The monoisotopic (exact) mass is 368 g/mol. The fraction of sp³-hybridized carbons (Fsp3) is 0.611. The molecule has 0 aromatic heterocycles. The molecule has 2 atom stereocenters. The topological polar surface area (TPSA) is 48.9 Å². The number of halogens is 2. The van der Waals surface area contributed by atoms with Crippen LogP contribution in [0.5, 0.6) is 0 Å². The zero-order valence-electron chi connectivity index (χ0n) is 14.6. The van der Waals surface area contributed by atoms with E-state index >= 15 is 0 Å². The van der Waals surface area contributed by atoms with E-state index < -0.39 is 0 Å². The van der Waals surface area contributed by atoms with E-state index in [1.54, 1.807) is 12.1 Å². The van der Waals surface area contributed by atoms with Crippen molar-refractivity contribution in [3.8, 4) is 0 Å². The summed E-state index contributed by atoms with van der Waals surface area (Å²) in [7, 11) is 0. The molecule has 1 saturated heterocycles. The van der Waals surface area contributed by atoms with Gasteiger partial charge in [-0.15, -0.1) is 0 Å². The fourth-order valence-corrected chi connectivity index (χ4v) is 3.47. The number of rotatable bonds is 6. The van der Waals surface area contributed by atoms with Gasteiger partial charge in [0, 0.05) is 48.7 Å². The van der Waals surface area contributed by atoms with Crippen LogP contribution in [0.15, 0.2) is 23.2 Å². The molecule has 2 N–H and O–H groups in total. The second-order valence-electron chi connectivity index (χ2n) is 6.44. The molecule has 3 rings (SSSR count). The first-order valence-electron chi connectivity index (χ1n) is 8.98. The molecule has 138 valence electrons. The van der Waals surface area contributed by atoms with Gasteiger partial charge < -0.3 is 15.4 Å². The number of benzene rings is 1. The van der Waals surface area contributed by atoms with Crippen molar-refractivity contribution in [2.24, 2.45) is 4.99 Å². The lowest BCUT2D eigenvalue weighted by Gasteiger charge is -2.25. The Hall–Kier alpha value is -1.37. The molecular formula is C18H26ClFN4O. The number of hydrogen-bond acceptors (Lipinski definition) is 3. The predicted molar refractivity (Wildman–Crippen MR) is 98.9 cm³/mol. The van der Waals surface area contributed by atoms with Gasteiger partial charge in [0.05, 0.1) is 19.8 Å². The van der Waals surface area contributed by atoms with Crippen LogP contribution in [-0.4, -0.2) is 62.8 Å². The molecule has 0 spiro atoms. The second kappa shape index (κ2) is 8.83. The fourth-order valence-electron chi connectivity index (χ4n) is 3.16. The van der Waals surface area contributed by atoms with Crippen LogP contribution in [-0.2, 0) is 4.74 Å². The zero-order valence-corrected chi connectivity index (χ0v) is 15.4. The van der Waals surface area contributed by atoms with E-state index in [2.05, 4.69) is 20.5 Å². The van der Waals surface area contributed by atoms with E-state index in [1.165, 1.54) is 6.07 Å². The smallest absolute Gasteiger partial charge is 0.191 e. The highest BCUT2D eigenvalue weighted by molar-refractivity contribution is 6.31. The van der Waals surface area contributed by atoms with Crippen molar-refractivity contribution < 1.29 is 9.13 Å². The third kappa shape index (κ3) is 5.06. The lowest BCUT2D eigenvalue weighted by Crippen LogP contribution is -2.41. The third-order valence-electron chi connectivity index (χ3n) is 4.62. The molecule has 1 heterocycles. The molecule has 2 fully saturated rings. The van der Waals surface area contributed by atoms with Gasteiger partial charge >= 0.3 is 0 Å². The van der Waals surface area contributed by atoms with Crippen LogP contribution in [0.25, 0.3) is 0 Å². The minimum absolute atomic E-state index is 0.108. The van der Waals surface area contributed by atoms with E-state index in [0.717, 1.165) is 58.3 Å². The van der Waals surface area contributed by atoms with Gasteiger partial charge in [0.25, 0.3) is 0 Å². The Bertz CT molecular complexity index is 586. The van der Waals surface area contributed by atoms with Crippen molar-refractivity contribution in [3.05, 3.63) is 34.6 Å². The molecule has 1 aromatic carbocycles. The van der Waals surface area contributed by atoms with Gasteiger partial charge in [-0.1, -0.05) is 17.7 Å². The molecule has 1 aliphatic carbocycles. The number of hydrogen-bond donors (Lipinski definition) is 2. The maximum absolute atomic E-state index is 14.0. The highest BCUT2D eigenvalue weighted by Crippen LogP contribution is 2.44. The lowest BCUT2D eigenvalue weighted by atomic mass is 10.1. The van der Waals surface area contributed by atoms with Crippen molar-refractivity contribution in [3.63, 3.8) is 0 Å². The van der Waals surface area contributed by atoms with Gasteiger partial charge in [0.15, 0.2) is 5.96 Å². The summed E-state index contributed by atoms with van der Waals surface area (Å²) >= 11 is 6.17. The maximum Gasteiger partial charge on any atom is 0.191 e. The highest BCUT2D eigenvalue weighted by Gasteiger charge is 2.41. The third-order valence-corrected chi connectivity index (χ3v) is 4.95. The summed E-state index contributed by atoms with van der Waals surface area (Å²) in [5, 5.41) is 7.17. The molecule has 0 bridgehead atoms. The molecule has 2 unspecified atom stereocenters. The maximum atomic E-state index is 14.0. The Labute approximate surface area is 153 Å². The van der Waals surface area contributed by atoms with Crippen molar-refractivity contribution in [2.45, 2.75) is 25.3 Å². The van der Waals surface area contributed by atoms with Gasteiger partial charge in [-0.05, 0) is 25.5 Å². The van der Waals surface area contributed by atoms with Crippen molar-refractivity contribution in [2.75, 3.05) is 45.9 Å². The summed E-state index contributed by atoms with van der Waals surface area (Å²) in [5.74, 6) is 0.670. The standard InChI is InChI=1S/C18H26ClFN4O/c1-2-21-18(22-6-7-24-8-10-25-11-9-24)23-16-12-13(16)17-14(19)4-3-5-15(17)20/h3-5,13,16H,2,6-12H2,1H3,(H2,21,22,23). The van der Waals surface area contributed by atoms with Crippen LogP contribution >= 0.6 is 11.6 Å². The summed E-state index contributed by atoms with van der Waals surface area (Å²) in [6.07, 6.45) is 0.870. The quantitative estimate of drug-likeness (QED) is 0.597. The van der Waals surface area contributed by atoms with Gasteiger partial charge in [-0.2, -0.15) is 0 Å². The minimum atomic E-state index is -0.226. The molecule has 7 heteroatoms. The number of nitrogens with zero attached hydrogens (tertiary/aromatic N) is 2. The molecule has 0 radical (unpaired) electrons. The number of ether oxygens (including phenoxy) is 1. The molecule has 25 heavy (non-hydrogen) atoms. The summed E-state index contributed by atoms with van der Waals surface area (Å²) < 4.78 is 19.4. The summed E-state index contributed by atoms with van der Waals surface area (Å²) in [6.45, 7) is 8.02. The van der Waals surface area contributed by atoms with Crippen LogP contribution in [0, 0.1) is 5.82 Å². The SMILES string of the molecule is CCNC(=NCCN1CCOCC1)NC1CC1c1c(F)cccc1Cl. The number of aliphatic imine (C=N–C) groups is 1. The average molecular weight is 369 g/mol. The molecule has 5 nitrogen and oxygen atoms in total. The predicted octanol–water partition coefficient (Wildman–Crippen LogP) is 2.22. The van der Waals surface area contributed by atoms with Crippen LogP contribution in [0.1, 0.15) is 24.8 Å². The first-order valence-corrected chi connectivity index (χ1v) is 9.35. The van der Waals surface area contributed by atoms with Gasteiger partial charge in [0.1, 0.15) is 5.82 Å². The van der Waals surface area contributed by atoms with Crippen LogP contribution < -0.4 is 10.6 Å². The average Bonchev–Trinajstić information content (AvgIpc) is 3.34. The number of morpholine rings is 1. The number of guanidine groups is 1. The highest BCUT2D eigenvalue weighted by atomic mass is 35.5. The minimum Gasteiger partial charge on any atom is -0.379 e. The van der Waals surface area contributed by atoms with Crippen LogP contribution in [0.2, 0.25) is 5.02 Å². The molecule has 0 amide bonds. The molecule has 2 aliphatic rings. The van der Waals surface area contributed by atoms with E-state index in [4.69, 9.17) is 16.3 Å². The summed E-state index contributed by atoms with van der Waals surface area (Å²) in [6, 6.07) is 5.04. The largest absolute Gasteiger partial charge is 0.379 e. The molecule has 1 saturated carbocycles. The Morgan fingerprint density at radius 1 is 1.40 bits per heavy atom. The van der Waals surface area contributed by atoms with Gasteiger partial charge in [0.2, 0.25) is 0 Å². The Balaban J connectivity index is 1.53. The van der Waals surface area contributed by atoms with Crippen molar-refractivity contribution in [1.82, 2.24) is 15.5 Å². The molecule has 1 aliphatic heterocycles. The second-order valence-corrected chi connectivity index (χ2v) is 6.85. The van der Waals surface area contributed by atoms with Crippen molar-refractivity contribution in [1.29, 1.82) is 0 Å². The van der Waals surface area contributed by atoms with Gasteiger partial charge in [-0.25, -0.2) is 4.39 Å². The first-order chi connectivity index (χ1) is 12.2. The summed E-state index contributed by atoms with van der Waals surface area (Å²) in [4.78, 5) is 7.00. The first kappa shape index (κ1) is 18.4. The van der Waals surface area contributed by atoms with Gasteiger partial charge in [-0.3, -0.25) is 9.89 Å². The number of nitrogens with one attached hydrogen (secondary N) is 2. The van der Waals surface area contributed by atoms with Crippen LogP contribution in [0.4, 0.5) is 4.39 Å². The normalized spacial score (nSPS) is 24.2.